The van der Waals surface area contributed by atoms with Crippen molar-refractivity contribution in [1.82, 2.24) is 24.8 Å². The smallest absolute Gasteiger partial charge is 0.256 e. The van der Waals surface area contributed by atoms with Crippen molar-refractivity contribution >= 4 is 17.7 Å². The van der Waals surface area contributed by atoms with Crippen molar-refractivity contribution in [2.75, 3.05) is 0 Å². The molecule has 0 spiro atoms. The van der Waals surface area contributed by atoms with Crippen LogP contribution in [0.4, 0.5) is 0 Å². The van der Waals surface area contributed by atoms with Crippen LogP contribution in [-0.2, 0) is 11.3 Å². The minimum absolute atomic E-state index is 0.158. The molecule has 0 radical (unpaired) electrons. The molecule has 0 fully saturated rings. The van der Waals surface area contributed by atoms with Crippen LogP contribution in [0.25, 0.3) is 11.3 Å². The lowest BCUT2D eigenvalue weighted by Gasteiger charge is -2.24. The van der Waals surface area contributed by atoms with Crippen molar-refractivity contribution in [3.8, 4) is 11.3 Å². The molecule has 4 heterocycles. The van der Waals surface area contributed by atoms with Gasteiger partial charge in [0.05, 0.1) is 22.5 Å². The normalized spacial score (nSPS) is 16.0. The third-order valence-corrected chi connectivity index (χ3v) is 5.87. The Morgan fingerprint density at radius 1 is 1.14 bits per heavy atom. The van der Waals surface area contributed by atoms with Crippen molar-refractivity contribution in [3.05, 3.63) is 82.8 Å². The Balaban J connectivity index is 1.61. The van der Waals surface area contributed by atoms with E-state index in [1.54, 1.807) is 31.0 Å². The summed E-state index contributed by atoms with van der Waals surface area (Å²) in [5, 5.41) is -0.158. The summed E-state index contributed by atoms with van der Waals surface area (Å²) in [6.07, 6.45) is 10.4. The van der Waals surface area contributed by atoms with Crippen LogP contribution in [0.15, 0.2) is 60.3 Å². The summed E-state index contributed by atoms with van der Waals surface area (Å²) in [6, 6.07) is 6.11. The van der Waals surface area contributed by atoms with Crippen LogP contribution in [0.2, 0.25) is 0 Å². The number of hydrogen-bond acceptors (Lipinski definition) is 7. The predicted molar refractivity (Wildman–Crippen MR) is 112 cm³/mol. The van der Waals surface area contributed by atoms with Gasteiger partial charge in [0.2, 0.25) is 0 Å². The molecule has 0 aliphatic carbocycles. The fourth-order valence-corrected chi connectivity index (χ4v) is 4.35. The molecule has 0 saturated carbocycles. The van der Waals surface area contributed by atoms with E-state index in [0.29, 0.717) is 11.4 Å². The minimum Gasteiger partial charge on any atom is -0.365 e. The zero-order chi connectivity index (χ0) is 20.4. The molecule has 0 bridgehead atoms. The van der Waals surface area contributed by atoms with Crippen molar-refractivity contribution in [3.63, 3.8) is 0 Å². The number of carbonyl (C=O) groups is 1. The zero-order valence-corrected chi connectivity index (χ0v) is 16.9. The van der Waals surface area contributed by atoms with Crippen LogP contribution >= 0.6 is 11.8 Å². The largest absolute Gasteiger partial charge is 0.365 e. The average Bonchev–Trinajstić information content (AvgIpc) is 3.13. The number of aromatic nitrogens is 4. The molecule has 0 saturated heterocycles. The maximum atomic E-state index is 11.7. The zero-order valence-electron chi connectivity index (χ0n) is 16.1. The van der Waals surface area contributed by atoms with Gasteiger partial charge in [0.25, 0.3) is 5.91 Å². The van der Waals surface area contributed by atoms with E-state index >= 15 is 0 Å². The van der Waals surface area contributed by atoms with Gasteiger partial charge in [-0.05, 0) is 37.1 Å². The van der Waals surface area contributed by atoms with Crippen molar-refractivity contribution in [2.24, 2.45) is 5.73 Å². The molecule has 1 aliphatic rings. The molecule has 7 nitrogen and oxygen atoms in total. The number of nitrogens with two attached hydrogens (primary N) is 1. The summed E-state index contributed by atoms with van der Waals surface area (Å²) in [4.78, 5) is 31.7. The first kappa shape index (κ1) is 19.1. The third-order valence-electron chi connectivity index (χ3n) is 4.57. The van der Waals surface area contributed by atoms with Gasteiger partial charge in [-0.15, -0.1) is 0 Å². The summed E-state index contributed by atoms with van der Waals surface area (Å²) in [6.45, 7) is 4.59. The van der Waals surface area contributed by atoms with E-state index in [-0.39, 0.29) is 5.37 Å². The molecule has 4 rings (SSSR count). The van der Waals surface area contributed by atoms with Crippen LogP contribution in [0, 0.1) is 13.8 Å². The molecule has 146 valence electrons. The summed E-state index contributed by atoms with van der Waals surface area (Å²) < 4.78 is 0. The SMILES string of the molecule is Cc1cc(-c2ncc(CN3C=C(C(N)=O)SC3c3cnccn3)cc2C)ccn1. The van der Waals surface area contributed by atoms with Crippen LogP contribution in [0.3, 0.4) is 0 Å². The monoisotopic (exact) mass is 404 g/mol. The highest BCUT2D eigenvalue weighted by Crippen LogP contribution is 2.43. The number of amides is 1. The van der Waals surface area contributed by atoms with Crippen LogP contribution < -0.4 is 5.73 Å². The van der Waals surface area contributed by atoms with Gasteiger partial charge in [-0.25, -0.2) is 0 Å². The van der Waals surface area contributed by atoms with E-state index < -0.39 is 5.91 Å². The van der Waals surface area contributed by atoms with Gasteiger partial charge in [-0.1, -0.05) is 17.8 Å². The van der Waals surface area contributed by atoms with E-state index in [2.05, 4.69) is 26.0 Å². The first-order chi connectivity index (χ1) is 14.0. The highest BCUT2D eigenvalue weighted by molar-refractivity contribution is 8.04. The van der Waals surface area contributed by atoms with E-state index in [1.807, 2.05) is 37.1 Å². The second-order valence-electron chi connectivity index (χ2n) is 6.83. The fraction of sp³-hybridized carbons (Fsp3) is 0.190. The van der Waals surface area contributed by atoms with Crippen LogP contribution in [-0.4, -0.2) is 30.7 Å². The Morgan fingerprint density at radius 2 is 2.00 bits per heavy atom. The van der Waals surface area contributed by atoms with Crippen molar-refractivity contribution in [1.29, 1.82) is 0 Å². The van der Waals surface area contributed by atoms with Crippen molar-refractivity contribution in [2.45, 2.75) is 25.8 Å². The Morgan fingerprint density at radius 3 is 2.69 bits per heavy atom. The summed E-state index contributed by atoms with van der Waals surface area (Å²) in [7, 11) is 0. The molecular formula is C21H20N6OS. The van der Waals surface area contributed by atoms with E-state index in [0.717, 1.165) is 33.8 Å². The number of nitrogens with zero attached hydrogens (tertiary/aromatic N) is 5. The quantitative estimate of drug-likeness (QED) is 0.697. The fourth-order valence-electron chi connectivity index (χ4n) is 3.28. The molecule has 1 amide bonds. The van der Waals surface area contributed by atoms with Gasteiger partial charge < -0.3 is 10.6 Å². The van der Waals surface area contributed by atoms with Crippen molar-refractivity contribution < 1.29 is 4.79 Å². The lowest BCUT2D eigenvalue weighted by molar-refractivity contribution is -0.113. The second-order valence-corrected chi connectivity index (χ2v) is 7.95. The molecule has 2 N–H and O–H groups in total. The number of pyridine rings is 2. The Kier molecular flexibility index (Phi) is 5.26. The van der Waals surface area contributed by atoms with Gasteiger partial charge in [-0.3, -0.25) is 24.7 Å². The Hall–Kier alpha value is -3.26. The Labute approximate surface area is 173 Å². The lowest BCUT2D eigenvalue weighted by Crippen LogP contribution is -2.19. The van der Waals surface area contributed by atoms with Crippen LogP contribution in [0.5, 0.6) is 0 Å². The maximum absolute atomic E-state index is 11.7. The lowest BCUT2D eigenvalue weighted by atomic mass is 10.1. The first-order valence-corrected chi connectivity index (χ1v) is 9.98. The second kappa shape index (κ2) is 8.00. The Bertz CT molecular complexity index is 1090. The minimum atomic E-state index is -0.441. The summed E-state index contributed by atoms with van der Waals surface area (Å²) >= 11 is 1.39. The van der Waals surface area contributed by atoms with Gasteiger partial charge in [0.1, 0.15) is 5.37 Å². The molecule has 8 heteroatoms. The van der Waals surface area contributed by atoms with E-state index in [1.165, 1.54) is 11.8 Å². The third kappa shape index (κ3) is 4.12. The van der Waals surface area contributed by atoms with E-state index in [9.17, 15) is 4.79 Å². The van der Waals surface area contributed by atoms with E-state index in [4.69, 9.17) is 5.73 Å². The highest BCUT2D eigenvalue weighted by atomic mass is 32.2. The summed E-state index contributed by atoms with van der Waals surface area (Å²) in [5.41, 5.74) is 11.3. The van der Waals surface area contributed by atoms with Gasteiger partial charge >= 0.3 is 0 Å². The topological polar surface area (TPSA) is 97.9 Å². The number of carbonyl (C=O) groups excluding carboxylic acids is 1. The molecule has 3 aromatic heterocycles. The molecule has 1 atom stereocenters. The molecule has 29 heavy (non-hydrogen) atoms. The predicted octanol–water partition coefficient (Wildman–Crippen LogP) is 3.12. The number of hydrogen-bond donors (Lipinski definition) is 1. The average molecular weight is 404 g/mol. The molecule has 1 aliphatic heterocycles. The molecule has 3 aromatic rings. The van der Waals surface area contributed by atoms with Gasteiger partial charge in [0, 0.05) is 48.8 Å². The maximum Gasteiger partial charge on any atom is 0.256 e. The number of thioether (sulfide) groups is 1. The number of aryl methyl sites for hydroxylation is 2. The molecule has 0 aromatic carbocycles. The first-order valence-electron chi connectivity index (χ1n) is 9.10. The number of rotatable bonds is 5. The molecular weight excluding hydrogens is 384 g/mol. The number of primary amides is 1. The standard InChI is InChI=1S/C21H20N6OS/c1-13-7-15(9-26-19(13)16-3-4-24-14(2)8-16)11-27-12-18(20(22)28)29-21(27)17-10-23-5-6-25-17/h3-10,12,21H,11H2,1-2H3,(H2,22,28). The van der Waals surface area contributed by atoms with Crippen LogP contribution in [0.1, 0.15) is 27.9 Å². The van der Waals surface area contributed by atoms with Gasteiger partial charge in [-0.2, -0.15) is 0 Å². The highest BCUT2D eigenvalue weighted by Gasteiger charge is 2.30. The van der Waals surface area contributed by atoms with Gasteiger partial charge in [0.15, 0.2) is 0 Å². The molecule has 1 unspecified atom stereocenters. The summed E-state index contributed by atoms with van der Waals surface area (Å²) in [5.74, 6) is -0.441.